The average Bonchev–Trinajstić information content (AvgIpc) is 2.73. The zero-order valence-electron chi connectivity index (χ0n) is 17.8. The van der Waals surface area contributed by atoms with Crippen LogP contribution in [0.2, 0.25) is 10.0 Å². The first-order valence-corrected chi connectivity index (χ1v) is 12.8. The molecule has 1 saturated heterocycles. The summed E-state index contributed by atoms with van der Waals surface area (Å²) in [7, 11) is -3.81. The average molecular weight is 523 g/mol. The Bertz CT molecular complexity index is 1250. The van der Waals surface area contributed by atoms with Gasteiger partial charge in [0.2, 0.25) is 10.0 Å². The van der Waals surface area contributed by atoms with Crippen LogP contribution in [0.15, 0.2) is 66.7 Å². The van der Waals surface area contributed by atoms with E-state index in [0.717, 1.165) is 29.3 Å². The van der Waals surface area contributed by atoms with Gasteiger partial charge in [-0.2, -0.15) is 0 Å². The fraction of sp³-hybridized carbons (Fsp3) is 0.208. The molecule has 10 heteroatoms. The number of sulfonamides is 1. The van der Waals surface area contributed by atoms with Gasteiger partial charge in [0.15, 0.2) is 0 Å². The van der Waals surface area contributed by atoms with Crippen LogP contribution in [0.1, 0.15) is 27.5 Å². The minimum Gasteiger partial charge on any atom is -0.478 e. The predicted octanol–water partition coefficient (Wildman–Crippen LogP) is 5.29. The van der Waals surface area contributed by atoms with Gasteiger partial charge in [0.25, 0.3) is 0 Å². The molecule has 1 aliphatic rings. The Balaban J connectivity index is 1.46. The molecule has 0 amide bonds. The lowest BCUT2D eigenvalue weighted by atomic mass is 9.91. The molecule has 4 rings (SSSR count). The van der Waals surface area contributed by atoms with E-state index in [9.17, 15) is 17.6 Å². The lowest BCUT2D eigenvalue weighted by Gasteiger charge is -2.44. The van der Waals surface area contributed by atoms with Crippen LogP contribution in [0.25, 0.3) is 0 Å². The summed E-state index contributed by atoms with van der Waals surface area (Å²) < 4.78 is 41.3. The molecule has 178 valence electrons. The van der Waals surface area contributed by atoms with Crippen molar-refractivity contribution in [2.75, 3.05) is 23.6 Å². The molecule has 1 fully saturated rings. The van der Waals surface area contributed by atoms with Crippen LogP contribution in [0.5, 0.6) is 0 Å². The number of nitrogens with zero attached hydrogens (tertiary/aromatic N) is 1. The molecule has 0 radical (unpaired) electrons. The topological polar surface area (TPSA) is 86.7 Å². The predicted molar refractivity (Wildman–Crippen MR) is 131 cm³/mol. The van der Waals surface area contributed by atoms with Crippen molar-refractivity contribution in [1.29, 1.82) is 0 Å². The second-order valence-electron chi connectivity index (χ2n) is 8.24. The molecule has 2 N–H and O–H groups in total. The molecule has 34 heavy (non-hydrogen) atoms. The molecule has 0 spiro atoms. The molecule has 3 aromatic rings. The molecule has 6 nitrogen and oxygen atoms in total. The number of halogens is 3. The van der Waals surface area contributed by atoms with E-state index in [1.54, 1.807) is 0 Å². The maximum atomic E-state index is 13.7. The molecule has 0 bridgehead atoms. The summed E-state index contributed by atoms with van der Waals surface area (Å²) >= 11 is 12.1. The summed E-state index contributed by atoms with van der Waals surface area (Å²) in [6.45, 7) is 1.06. The highest BCUT2D eigenvalue weighted by molar-refractivity contribution is 7.92. The molecular weight excluding hydrogens is 502 g/mol. The smallest absolute Gasteiger partial charge is 0.335 e. The molecule has 0 unspecified atom stereocenters. The second kappa shape index (κ2) is 9.92. The van der Waals surface area contributed by atoms with Crippen LogP contribution < -0.4 is 4.72 Å². The Kier molecular flexibility index (Phi) is 7.14. The lowest BCUT2D eigenvalue weighted by Crippen LogP contribution is -2.51. The van der Waals surface area contributed by atoms with Crippen LogP contribution in [0.3, 0.4) is 0 Å². The van der Waals surface area contributed by atoms with E-state index in [-0.39, 0.29) is 29.0 Å². The second-order valence-corrected chi connectivity index (χ2v) is 10.9. The van der Waals surface area contributed by atoms with Crippen LogP contribution in [-0.2, 0) is 10.0 Å². The number of benzene rings is 3. The van der Waals surface area contributed by atoms with Gasteiger partial charge in [-0.1, -0.05) is 47.5 Å². The Morgan fingerprint density at radius 1 is 1.00 bits per heavy atom. The van der Waals surface area contributed by atoms with Crippen molar-refractivity contribution in [3.05, 3.63) is 99.3 Å². The van der Waals surface area contributed by atoms with Crippen molar-refractivity contribution in [2.45, 2.75) is 6.04 Å². The van der Waals surface area contributed by atoms with Gasteiger partial charge in [-0.3, -0.25) is 9.62 Å². The highest BCUT2D eigenvalue weighted by Gasteiger charge is 2.36. The van der Waals surface area contributed by atoms with E-state index >= 15 is 0 Å². The minimum atomic E-state index is -3.81. The van der Waals surface area contributed by atoms with E-state index in [1.807, 2.05) is 48.5 Å². The van der Waals surface area contributed by atoms with Gasteiger partial charge in [-0.05, 0) is 53.6 Å². The highest BCUT2D eigenvalue weighted by Crippen LogP contribution is 2.36. The normalized spacial score (nSPS) is 14.7. The number of nitrogens with one attached hydrogen (secondary N) is 1. The number of anilines is 1. The van der Waals surface area contributed by atoms with Crippen molar-refractivity contribution in [3.63, 3.8) is 0 Å². The molecule has 0 aromatic heterocycles. The minimum absolute atomic E-state index is 0.0946. The SMILES string of the molecule is O=C(O)c1cc(F)cc(NS(=O)(=O)CC2CN(C(c3ccc(Cl)cc3)c3ccc(Cl)cc3)C2)c1. The van der Waals surface area contributed by atoms with Gasteiger partial charge < -0.3 is 5.11 Å². The van der Waals surface area contributed by atoms with Crippen molar-refractivity contribution >= 4 is 44.9 Å². The largest absolute Gasteiger partial charge is 0.478 e. The quantitative estimate of drug-likeness (QED) is 0.419. The molecule has 0 aliphatic carbocycles. The van der Waals surface area contributed by atoms with Gasteiger partial charge in [-0.25, -0.2) is 17.6 Å². The van der Waals surface area contributed by atoms with Gasteiger partial charge >= 0.3 is 5.97 Å². The van der Waals surface area contributed by atoms with E-state index in [0.29, 0.717) is 23.1 Å². The van der Waals surface area contributed by atoms with E-state index in [1.165, 1.54) is 0 Å². The van der Waals surface area contributed by atoms with Crippen LogP contribution >= 0.6 is 23.2 Å². The monoisotopic (exact) mass is 522 g/mol. The Morgan fingerprint density at radius 2 is 1.53 bits per heavy atom. The zero-order chi connectivity index (χ0) is 24.5. The third kappa shape index (κ3) is 5.88. The molecular formula is C24H21Cl2FN2O4S. The number of rotatable bonds is 8. The third-order valence-electron chi connectivity index (χ3n) is 5.60. The Hall–Kier alpha value is -2.65. The molecule has 1 heterocycles. The Labute approximate surface area is 207 Å². The maximum Gasteiger partial charge on any atom is 0.335 e. The van der Waals surface area contributed by atoms with Crippen LogP contribution in [0, 0.1) is 11.7 Å². The summed E-state index contributed by atoms with van der Waals surface area (Å²) in [6, 6.07) is 17.8. The van der Waals surface area contributed by atoms with Crippen LogP contribution in [0.4, 0.5) is 10.1 Å². The summed E-state index contributed by atoms with van der Waals surface area (Å²) in [5, 5.41) is 10.3. The van der Waals surface area contributed by atoms with Crippen molar-refractivity contribution in [3.8, 4) is 0 Å². The maximum absolute atomic E-state index is 13.7. The first-order chi connectivity index (χ1) is 16.1. The van der Waals surface area contributed by atoms with Gasteiger partial charge in [0.1, 0.15) is 5.82 Å². The van der Waals surface area contributed by atoms with E-state index in [4.69, 9.17) is 28.3 Å². The van der Waals surface area contributed by atoms with Gasteiger partial charge in [-0.15, -0.1) is 0 Å². The number of hydrogen-bond acceptors (Lipinski definition) is 4. The number of carboxylic acid groups (broad SMARTS) is 1. The van der Waals surface area contributed by atoms with Crippen molar-refractivity contribution in [1.82, 2.24) is 4.90 Å². The van der Waals surface area contributed by atoms with E-state index < -0.39 is 21.8 Å². The first kappa shape index (κ1) is 24.5. The fourth-order valence-electron chi connectivity index (χ4n) is 4.13. The standard InChI is InChI=1S/C24H21Cl2FN2O4S/c25-19-5-1-16(2-6-19)23(17-3-7-20(26)8-4-17)29-12-15(13-29)14-34(32,33)28-22-10-18(24(30)31)9-21(27)11-22/h1-11,15,23,28H,12-14H2,(H,30,31). The molecule has 3 aromatic carbocycles. The molecule has 0 atom stereocenters. The highest BCUT2D eigenvalue weighted by atomic mass is 35.5. The van der Waals surface area contributed by atoms with Crippen molar-refractivity contribution < 1.29 is 22.7 Å². The number of hydrogen-bond donors (Lipinski definition) is 2. The van der Waals surface area contributed by atoms with E-state index in [2.05, 4.69) is 9.62 Å². The van der Waals surface area contributed by atoms with Gasteiger partial charge in [0.05, 0.1) is 23.0 Å². The summed E-state index contributed by atoms with van der Waals surface area (Å²) in [5.41, 5.74) is 1.59. The fourth-order valence-corrected chi connectivity index (χ4v) is 5.78. The van der Waals surface area contributed by atoms with Crippen LogP contribution in [-0.4, -0.2) is 43.2 Å². The summed E-state index contributed by atoms with van der Waals surface area (Å²) in [6.07, 6.45) is 0. The number of carbonyl (C=O) groups is 1. The number of likely N-dealkylation sites (tertiary alicyclic amines) is 1. The van der Waals surface area contributed by atoms with Crippen molar-refractivity contribution in [2.24, 2.45) is 5.92 Å². The molecule has 0 saturated carbocycles. The first-order valence-electron chi connectivity index (χ1n) is 10.4. The lowest BCUT2D eigenvalue weighted by molar-refractivity contribution is 0.0696. The number of carboxylic acids is 1. The third-order valence-corrected chi connectivity index (χ3v) is 7.56. The molecule has 1 aliphatic heterocycles. The van der Waals surface area contributed by atoms with Gasteiger partial charge in [0, 0.05) is 29.1 Å². The number of aromatic carboxylic acids is 1. The summed E-state index contributed by atoms with van der Waals surface area (Å²) in [4.78, 5) is 13.3. The summed E-state index contributed by atoms with van der Waals surface area (Å²) in [5.74, 6) is -2.49. The zero-order valence-corrected chi connectivity index (χ0v) is 20.1. The Morgan fingerprint density at radius 3 is 2.03 bits per heavy atom.